The summed E-state index contributed by atoms with van der Waals surface area (Å²) in [6.07, 6.45) is -2.39. The molecule has 2 unspecified atom stereocenters. The minimum Gasteiger partial charge on any atom is -0.433 e. The van der Waals surface area contributed by atoms with Crippen LogP contribution in [0.25, 0.3) is 0 Å². The van der Waals surface area contributed by atoms with Crippen molar-refractivity contribution in [2.75, 3.05) is 0 Å². The quantitative estimate of drug-likeness (QED) is 0.606. The average molecular weight is 254 g/mol. The Morgan fingerprint density at radius 2 is 1.17 bits per heavy atom. The number of hydrogen-bond acceptors (Lipinski definition) is 6. The van der Waals surface area contributed by atoms with Crippen LogP contribution in [0.3, 0.4) is 0 Å². The van der Waals surface area contributed by atoms with Crippen molar-refractivity contribution in [2.45, 2.75) is 26.4 Å². The van der Waals surface area contributed by atoms with E-state index in [1.165, 1.54) is 38.1 Å². The second-order valence-electron chi connectivity index (χ2n) is 3.59. The Labute approximate surface area is 104 Å². The van der Waals surface area contributed by atoms with Crippen LogP contribution in [0.4, 0.5) is 0 Å². The van der Waals surface area contributed by atoms with Crippen LogP contribution in [0.15, 0.2) is 24.3 Å². The number of rotatable bonds is 4. The molecule has 6 nitrogen and oxygen atoms in total. The lowest BCUT2D eigenvalue weighted by Gasteiger charge is -2.08. The van der Waals surface area contributed by atoms with Crippen molar-refractivity contribution < 1.29 is 29.3 Å². The van der Waals surface area contributed by atoms with E-state index in [2.05, 4.69) is 9.47 Å². The summed E-state index contributed by atoms with van der Waals surface area (Å²) in [5.74, 6) is -1.39. The topological polar surface area (TPSA) is 93.1 Å². The van der Waals surface area contributed by atoms with E-state index >= 15 is 0 Å². The number of hydrogen-bond donors (Lipinski definition) is 2. The molecular formula is C12H14O6. The summed E-state index contributed by atoms with van der Waals surface area (Å²) in [6, 6.07) is 5.46. The van der Waals surface area contributed by atoms with Gasteiger partial charge in [-0.25, -0.2) is 9.59 Å². The van der Waals surface area contributed by atoms with Crippen LogP contribution in [-0.4, -0.2) is 34.7 Å². The Hall–Kier alpha value is -1.92. The SMILES string of the molecule is CC(O)OC(=O)c1ccc(C(=O)OC(C)O)cc1. The van der Waals surface area contributed by atoms with Gasteiger partial charge in [-0.05, 0) is 38.1 Å². The highest BCUT2D eigenvalue weighted by molar-refractivity contribution is 5.93. The molecule has 6 heteroatoms. The van der Waals surface area contributed by atoms with Gasteiger partial charge in [0.1, 0.15) is 0 Å². The van der Waals surface area contributed by atoms with Crippen LogP contribution in [0.2, 0.25) is 0 Å². The Kier molecular flexibility index (Phi) is 4.82. The molecule has 2 N–H and O–H groups in total. The second-order valence-corrected chi connectivity index (χ2v) is 3.59. The molecule has 0 saturated carbocycles. The largest absolute Gasteiger partial charge is 0.433 e. The van der Waals surface area contributed by atoms with Crippen molar-refractivity contribution in [3.63, 3.8) is 0 Å². The maximum atomic E-state index is 11.4. The second kappa shape index (κ2) is 6.13. The van der Waals surface area contributed by atoms with E-state index < -0.39 is 24.5 Å². The van der Waals surface area contributed by atoms with Crippen molar-refractivity contribution in [2.24, 2.45) is 0 Å². The van der Waals surface area contributed by atoms with E-state index in [-0.39, 0.29) is 11.1 Å². The first-order chi connectivity index (χ1) is 8.40. The molecule has 2 atom stereocenters. The molecule has 0 radical (unpaired) electrons. The number of aliphatic hydroxyl groups excluding tert-OH is 2. The highest BCUT2D eigenvalue weighted by Crippen LogP contribution is 2.08. The standard InChI is InChI=1S/C12H14O6/c1-7(13)17-11(15)9-3-5-10(6-4-9)12(16)18-8(2)14/h3-8,13-14H,1-2H3. The average Bonchev–Trinajstić information content (AvgIpc) is 2.27. The third-order valence-electron chi connectivity index (χ3n) is 1.91. The first-order valence-corrected chi connectivity index (χ1v) is 5.28. The molecule has 98 valence electrons. The minimum atomic E-state index is -1.20. The molecule has 0 saturated heterocycles. The lowest BCUT2D eigenvalue weighted by molar-refractivity contribution is -0.0538. The van der Waals surface area contributed by atoms with Gasteiger partial charge in [0.2, 0.25) is 0 Å². The van der Waals surface area contributed by atoms with Crippen molar-refractivity contribution in [1.82, 2.24) is 0 Å². The summed E-state index contributed by atoms with van der Waals surface area (Å²) < 4.78 is 9.12. The summed E-state index contributed by atoms with van der Waals surface area (Å²) in [7, 11) is 0. The van der Waals surface area contributed by atoms with Gasteiger partial charge >= 0.3 is 11.9 Å². The normalized spacial score (nSPS) is 13.6. The Bertz CT molecular complexity index is 380. The van der Waals surface area contributed by atoms with Crippen LogP contribution in [0.1, 0.15) is 34.6 Å². The Morgan fingerprint density at radius 1 is 0.889 bits per heavy atom. The summed E-state index contributed by atoms with van der Waals surface area (Å²) in [5, 5.41) is 17.8. The molecule has 18 heavy (non-hydrogen) atoms. The molecule has 1 aromatic rings. The molecule has 0 bridgehead atoms. The van der Waals surface area contributed by atoms with Crippen molar-refractivity contribution in [3.05, 3.63) is 35.4 Å². The lowest BCUT2D eigenvalue weighted by atomic mass is 10.1. The number of esters is 2. The Morgan fingerprint density at radius 3 is 1.39 bits per heavy atom. The molecule has 0 amide bonds. The zero-order valence-corrected chi connectivity index (χ0v) is 9.99. The summed E-state index contributed by atoms with van der Waals surface area (Å²) in [4.78, 5) is 22.8. The molecule has 1 rings (SSSR count). The molecule has 0 spiro atoms. The third-order valence-corrected chi connectivity index (χ3v) is 1.91. The van der Waals surface area contributed by atoms with Crippen LogP contribution in [-0.2, 0) is 9.47 Å². The first kappa shape index (κ1) is 14.1. The molecule has 0 aliphatic carbocycles. The monoisotopic (exact) mass is 254 g/mol. The van der Waals surface area contributed by atoms with E-state index in [1.54, 1.807) is 0 Å². The number of ether oxygens (including phenoxy) is 2. The highest BCUT2D eigenvalue weighted by Gasteiger charge is 2.13. The zero-order chi connectivity index (χ0) is 13.7. The fourth-order valence-corrected chi connectivity index (χ4v) is 1.19. The predicted octanol–water partition coefficient (Wildman–Crippen LogP) is 0.677. The molecular weight excluding hydrogens is 240 g/mol. The van der Waals surface area contributed by atoms with Crippen LogP contribution in [0, 0.1) is 0 Å². The summed E-state index contributed by atoms with van der Waals surface area (Å²) in [5.41, 5.74) is 0.397. The minimum absolute atomic E-state index is 0.199. The van der Waals surface area contributed by atoms with Gasteiger partial charge in [0.25, 0.3) is 0 Å². The first-order valence-electron chi connectivity index (χ1n) is 5.28. The zero-order valence-electron chi connectivity index (χ0n) is 9.99. The molecule has 0 aliphatic rings. The van der Waals surface area contributed by atoms with Gasteiger partial charge in [-0.2, -0.15) is 0 Å². The van der Waals surface area contributed by atoms with Gasteiger partial charge in [-0.1, -0.05) is 0 Å². The smallest absolute Gasteiger partial charge is 0.340 e. The summed E-state index contributed by atoms with van der Waals surface area (Å²) in [6.45, 7) is 2.62. The maximum absolute atomic E-state index is 11.4. The highest BCUT2D eigenvalue weighted by atomic mass is 16.6. The van der Waals surface area contributed by atoms with Crippen LogP contribution in [0.5, 0.6) is 0 Å². The van der Waals surface area contributed by atoms with Crippen LogP contribution >= 0.6 is 0 Å². The van der Waals surface area contributed by atoms with E-state index in [0.29, 0.717) is 0 Å². The summed E-state index contributed by atoms with van der Waals surface area (Å²) >= 11 is 0. The Balaban J connectivity index is 2.74. The number of benzene rings is 1. The maximum Gasteiger partial charge on any atom is 0.340 e. The number of carbonyl (C=O) groups is 2. The van der Waals surface area contributed by atoms with Gasteiger partial charge in [0, 0.05) is 0 Å². The van der Waals surface area contributed by atoms with Gasteiger partial charge in [0.15, 0.2) is 12.6 Å². The number of carbonyl (C=O) groups excluding carboxylic acids is 2. The van der Waals surface area contributed by atoms with E-state index in [4.69, 9.17) is 10.2 Å². The van der Waals surface area contributed by atoms with Gasteiger partial charge in [-0.15, -0.1) is 0 Å². The molecule has 0 aliphatic heterocycles. The third kappa shape index (κ3) is 4.15. The van der Waals surface area contributed by atoms with Gasteiger partial charge in [-0.3, -0.25) is 0 Å². The van der Waals surface area contributed by atoms with Gasteiger partial charge in [0.05, 0.1) is 11.1 Å². The van der Waals surface area contributed by atoms with Crippen molar-refractivity contribution in [3.8, 4) is 0 Å². The number of aliphatic hydroxyl groups is 2. The molecule has 0 fully saturated rings. The fraction of sp³-hybridized carbons (Fsp3) is 0.333. The van der Waals surface area contributed by atoms with Crippen molar-refractivity contribution >= 4 is 11.9 Å². The van der Waals surface area contributed by atoms with Gasteiger partial charge < -0.3 is 19.7 Å². The fourth-order valence-electron chi connectivity index (χ4n) is 1.19. The molecule has 1 aromatic carbocycles. The van der Waals surface area contributed by atoms with Crippen LogP contribution < -0.4 is 0 Å². The lowest BCUT2D eigenvalue weighted by Crippen LogP contribution is -2.15. The predicted molar refractivity (Wildman–Crippen MR) is 60.6 cm³/mol. The molecule has 0 heterocycles. The van der Waals surface area contributed by atoms with E-state index in [0.717, 1.165) is 0 Å². The van der Waals surface area contributed by atoms with E-state index in [9.17, 15) is 9.59 Å². The van der Waals surface area contributed by atoms with Crippen molar-refractivity contribution in [1.29, 1.82) is 0 Å². The van der Waals surface area contributed by atoms with E-state index in [1.807, 2.05) is 0 Å². The molecule has 0 aromatic heterocycles.